The Morgan fingerprint density at radius 2 is 1.59 bits per heavy atom. The van der Waals surface area contributed by atoms with Crippen molar-refractivity contribution >= 4 is 23.4 Å². The Kier molecular flexibility index (Phi) is 7.08. The maximum atomic E-state index is 13.5. The lowest BCUT2D eigenvalue weighted by molar-refractivity contribution is -0.114. The van der Waals surface area contributed by atoms with Gasteiger partial charge < -0.3 is 9.47 Å². The van der Waals surface area contributed by atoms with Crippen molar-refractivity contribution < 1.29 is 18.7 Å². The van der Waals surface area contributed by atoms with Gasteiger partial charge in [-0.1, -0.05) is 66.7 Å². The SMILES string of the molecule is CCOc1cc(/C=C2\C(=O)N(c3ccccc3)N=C2c2ccccc2)ccc1OCc1cccc(F)c1. The number of hydrogen-bond acceptors (Lipinski definition) is 4. The number of carbonyl (C=O) groups excluding carboxylic acids is 1. The number of carbonyl (C=O) groups is 1. The number of halogens is 1. The second-order valence-electron chi connectivity index (χ2n) is 8.38. The highest BCUT2D eigenvalue weighted by Crippen LogP contribution is 2.32. The van der Waals surface area contributed by atoms with Gasteiger partial charge in [0.15, 0.2) is 11.5 Å². The summed E-state index contributed by atoms with van der Waals surface area (Å²) in [4.78, 5) is 13.5. The molecule has 0 aliphatic carbocycles. The number of hydrazone groups is 1. The minimum Gasteiger partial charge on any atom is -0.490 e. The van der Waals surface area contributed by atoms with E-state index in [-0.39, 0.29) is 18.3 Å². The van der Waals surface area contributed by atoms with Crippen molar-refractivity contribution in [2.75, 3.05) is 11.6 Å². The van der Waals surface area contributed by atoms with Gasteiger partial charge in [-0.3, -0.25) is 4.79 Å². The zero-order valence-corrected chi connectivity index (χ0v) is 20.3. The Labute approximate surface area is 215 Å². The molecule has 5 nitrogen and oxygen atoms in total. The van der Waals surface area contributed by atoms with Gasteiger partial charge in [0.1, 0.15) is 18.1 Å². The Bertz CT molecular complexity index is 1470. The van der Waals surface area contributed by atoms with Crippen LogP contribution < -0.4 is 14.5 Å². The summed E-state index contributed by atoms with van der Waals surface area (Å²) in [6, 6.07) is 30.8. The molecule has 0 N–H and O–H groups in total. The fourth-order valence-electron chi connectivity index (χ4n) is 4.05. The van der Waals surface area contributed by atoms with Crippen LogP contribution in [0.4, 0.5) is 10.1 Å². The molecule has 0 unspecified atom stereocenters. The number of rotatable bonds is 8. The number of ether oxygens (including phenoxy) is 2. The van der Waals surface area contributed by atoms with Crippen LogP contribution in [0.25, 0.3) is 6.08 Å². The molecule has 0 radical (unpaired) electrons. The van der Waals surface area contributed by atoms with E-state index in [0.29, 0.717) is 35.1 Å². The number of anilines is 1. The normalized spacial score (nSPS) is 14.1. The first-order valence-corrected chi connectivity index (χ1v) is 12.0. The Morgan fingerprint density at radius 1 is 0.838 bits per heavy atom. The molecule has 5 rings (SSSR count). The van der Waals surface area contributed by atoms with Gasteiger partial charge in [0.05, 0.1) is 17.9 Å². The first-order chi connectivity index (χ1) is 18.1. The van der Waals surface area contributed by atoms with E-state index in [0.717, 1.165) is 16.7 Å². The summed E-state index contributed by atoms with van der Waals surface area (Å²) < 4.78 is 25.3. The first-order valence-electron chi connectivity index (χ1n) is 12.0. The van der Waals surface area contributed by atoms with E-state index in [9.17, 15) is 9.18 Å². The molecule has 1 aliphatic rings. The van der Waals surface area contributed by atoms with E-state index >= 15 is 0 Å². The smallest absolute Gasteiger partial charge is 0.281 e. The number of nitrogens with zero attached hydrogens (tertiary/aromatic N) is 2. The predicted molar refractivity (Wildman–Crippen MR) is 143 cm³/mol. The van der Waals surface area contributed by atoms with Gasteiger partial charge in [-0.2, -0.15) is 10.1 Å². The van der Waals surface area contributed by atoms with Gasteiger partial charge in [0.25, 0.3) is 5.91 Å². The molecule has 0 saturated heterocycles. The van der Waals surface area contributed by atoms with Crippen LogP contribution in [0.5, 0.6) is 11.5 Å². The summed E-state index contributed by atoms with van der Waals surface area (Å²) in [6.45, 7) is 2.53. The first kappa shape index (κ1) is 24.0. The maximum absolute atomic E-state index is 13.5. The van der Waals surface area contributed by atoms with Gasteiger partial charge in [0, 0.05) is 5.56 Å². The van der Waals surface area contributed by atoms with Crippen molar-refractivity contribution in [3.05, 3.63) is 131 Å². The summed E-state index contributed by atoms with van der Waals surface area (Å²) in [5.41, 5.74) is 4.10. The minimum atomic E-state index is -0.310. The van der Waals surface area contributed by atoms with Crippen LogP contribution in [-0.2, 0) is 11.4 Å². The molecule has 0 saturated carbocycles. The van der Waals surface area contributed by atoms with E-state index in [1.807, 2.05) is 85.8 Å². The molecule has 1 heterocycles. The molecular weight excluding hydrogens is 467 g/mol. The average Bonchev–Trinajstić information content (AvgIpc) is 3.25. The molecule has 184 valence electrons. The summed E-state index contributed by atoms with van der Waals surface area (Å²) >= 11 is 0. The molecule has 0 fully saturated rings. The van der Waals surface area contributed by atoms with Gasteiger partial charge in [-0.15, -0.1) is 0 Å². The third-order valence-electron chi connectivity index (χ3n) is 5.79. The van der Waals surface area contributed by atoms with E-state index < -0.39 is 0 Å². The molecule has 6 heteroatoms. The summed E-state index contributed by atoms with van der Waals surface area (Å²) in [7, 11) is 0. The van der Waals surface area contributed by atoms with E-state index in [1.165, 1.54) is 17.1 Å². The van der Waals surface area contributed by atoms with Crippen LogP contribution in [0.2, 0.25) is 0 Å². The van der Waals surface area contributed by atoms with Crippen molar-refractivity contribution in [3.63, 3.8) is 0 Å². The van der Waals surface area contributed by atoms with E-state index in [2.05, 4.69) is 5.10 Å². The van der Waals surface area contributed by atoms with Crippen molar-refractivity contribution in [1.82, 2.24) is 0 Å². The lowest BCUT2D eigenvalue weighted by Crippen LogP contribution is -2.21. The Hall–Kier alpha value is -4.71. The monoisotopic (exact) mass is 492 g/mol. The van der Waals surface area contributed by atoms with E-state index in [1.54, 1.807) is 18.2 Å². The van der Waals surface area contributed by atoms with Crippen molar-refractivity contribution in [3.8, 4) is 11.5 Å². The molecule has 0 atom stereocenters. The predicted octanol–water partition coefficient (Wildman–Crippen LogP) is 6.64. The van der Waals surface area contributed by atoms with Crippen molar-refractivity contribution in [1.29, 1.82) is 0 Å². The highest BCUT2D eigenvalue weighted by atomic mass is 19.1. The zero-order chi connectivity index (χ0) is 25.6. The number of amides is 1. The van der Waals surface area contributed by atoms with Crippen LogP contribution in [0.3, 0.4) is 0 Å². The highest BCUT2D eigenvalue weighted by Gasteiger charge is 2.32. The summed E-state index contributed by atoms with van der Waals surface area (Å²) in [5, 5.41) is 6.10. The molecule has 1 aliphatic heterocycles. The minimum absolute atomic E-state index is 0.202. The lowest BCUT2D eigenvalue weighted by Gasteiger charge is -2.13. The van der Waals surface area contributed by atoms with Crippen LogP contribution in [0.1, 0.15) is 23.6 Å². The molecular formula is C31H25FN2O3. The Balaban J connectivity index is 1.48. The topological polar surface area (TPSA) is 51.1 Å². The van der Waals surface area contributed by atoms with Crippen LogP contribution >= 0.6 is 0 Å². The van der Waals surface area contributed by atoms with Crippen LogP contribution in [0.15, 0.2) is 114 Å². The average molecular weight is 493 g/mol. The number of hydrogen-bond donors (Lipinski definition) is 0. The van der Waals surface area contributed by atoms with Gasteiger partial charge in [-0.05, 0) is 60.5 Å². The molecule has 4 aromatic carbocycles. The zero-order valence-electron chi connectivity index (χ0n) is 20.3. The molecule has 0 aromatic heterocycles. The van der Waals surface area contributed by atoms with Gasteiger partial charge >= 0.3 is 0 Å². The van der Waals surface area contributed by atoms with Crippen molar-refractivity contribution in [2.45, 2.75) is 13.5 Å². The van der Waals surface area contributed by atoms with Gasteiger partial charge in [-0.25, -0.2) is 4.39 Å². The Morgan fingerprint density at radius 3 is 2.32 bits per heavy atom. The number of para-hydroxylation sites is 1. The van der Waals surface area contributed by atoms with Crippen LogP contribution in [0, 0.1) is 5.82 Å². The maximum Gasteiger partial charge on any atom is 0.281 e. The molecule has 0 bridgehead atoms. The van der Waals surface area contributed by atoms with Gasteiger partial charge in [0.2, 0.25) is 0 Å². The highest BCUT2D eigenvalue weighted by molar-refractivity contribution is 6.37. The summed E-state index contributed by atoms with van der Waals surface area (Å²) in [5.74, 6) is 0.551. The third-order valence-corrected chi connectivity index (χ3v) is 5.79. The second-order valence-corrected chi connectivity index (χ2v) is 8.38. The lowest BCUT2D eigenvalue weighted by atomic mass is 10.00. The fraction of sp³-hybridized carbons (Fsp3) is 0.0968. The molecule has 1 amide bonds. The quantitative estimate of drug-likeness (QED) is 0.259. The molecule has 37 heavy (non-hydrogen) atoms. The van der Waals surface area contributed by atoms with Crippen LogP contribution in [-0.4, -0.2) is 18.2 Å². The third kappa shape index (κ3) is 5.43. The summed E-state index contributed by atoms with van der Waals surface area (Å²) in [6.07, 6.45) is 1.82. The largest absolute Gasteiger partial charge is 0.490 e. The second kappa shape index (κ2) is 10.9. The molecule has 4 aromatic rings. The fourth-order valence-corrected chi connectivity index (χ4v) is 4.05. The standard InChI is InChI=1S/C31H25FN2O3/c1-2-36-29-20-22(16-17-28(29)37-21-23-10-9-13-25(32)18-23)19-27-30(24-11-5-3-6-12-24)33-34(31(27)35)26-14-7-4-8-15-26/h3-20H,2,21H2,1H3/b27-19-. The molecule has 0 spiro atoms. The number of benzene rings is 4. The van der Waals surface area contributed by atoms with E-state index in [4.69, 9.17) is 9.47 Å². The van der Waals surface area contributed by atoms with Crippen molar-refractivity contribution in [2.24, 2.45) is 5.10 Å².